The van der Waals surface area contributed by atoms with Crippen LogP contribution >= 0.6 is 0 Å². The molecule has 2 aliphatic rings. The smallest absolute Gasteiger partial charge is 0.337 e. The molecule has 216 valence electrons. The van der Waals surface area contributed by atoms with Gasteiger partial charge in [0, 0.05) is 13.1 Å². The lowest BCUT2D eigenvalue weighted by Crippen LogP contribution is -2.47. The number of carbonyl (C=O) groups is 6. The van der Waals surface area contributed by atoms with Gasteiger partial charge in [-0.15, -0.1) is 0 Å². The summed E-state index contributed by atoms with van der Waals surface area (Å²) < 4.78 is 9.41. The molecule has 0 aliphatic carbocycles. The van der Waals surface area contributed by atoms with Crippen LogP contribution in [0.3, 0.4) is 0 Å². The summed E-state index contributed by atoms with van der Waals surface area (Å²) in [4.78, 5) is 81.7. The Hall–Kier alpha value is -4.74. The Morgan fingerprint density at radius 3 is 1.22 bits per heavy atom. The molecule has 12 heteroatoms. The van der Waals surface area contributed by atoms with E-state index in [1.54, 1.807) is 76.2 Å². The van der Waals surface area contributed by atoms with Crippen molar-refractivity contribution in [3.8, 4) is 0 Å². The number of urea groups is 2. The lowest BCUT2D eigenvalue weighted by molar-refractivity contribution is -0.136. The predicted octanol–water partition coefficient (Wildman–Crippen LogP) is 3.00. The number of carbonyl (C=O) groups excluding carboxylic acids is 6. The second-order valence-electron chi connectivity index (χ2n) is 10.8. The van der Waals surface area contributed by atoms with Crippen molar-refractivity contribution in [3.63, 3.8) is 0 Å². The van der Waals surface area contributed by atoms with Crippen LogP contribution in [-0.2, 0) is 32.2 Å². The van der Waals surface area contributed by atoms with Crippen molar-refractivity contribution in [2.45, 2.75) is 51.9 Å². The van der Waals surface area contributed by atoms with Gasteiger partial charge in [-0.05, 0) is 63.1 Å². The van der Waals surface area contributed by atoms with Gasteiger partial charge in [0.15, 0.2) is 0 Å². The number of amides is 6. The minimum absolute atomic E-state index is 0.0661. The van der Waals surface area contributed by atoms with Crippen LogP contribution in [-0.4, -0.2) is 87.4 Å². The second-order valence-corrected chi connectivity index (χ2v) is 10.8. The highest BCUT2D eigenvalue weighted by atomic mass is 16.5. The highest BCUT2D eigenvalue weighted by molar-refractivity contribution is 6.09. The standard InChI is InChI=1S/C29H32N4O8/c1-28(2)24(36)30(26(38)32(28)15-18-7-11-20(12-8-18)22(34)40-5)17-31-25(37)29(3,4)33(27(31)39)16-19-9-13-21(14-10-19)23(35)41-6/h7-14H,15-17H2,1-6H3. The Labute approximate surface area is 237 Å². The molecule has 2 aromatic carbocycles. The molecule has 0 bridgehead atoms. The van der Waals surface area contributed by atoms with Gasteiger partial charge in [0.25, 0.3) is 11.8 Å². The van der Waals surface area contributed by atoms with Gasteiger partial charge in [-0.3, -0.25) is 9.59 Å². The average Bonchev–Trinajstić information content (AvgIpc) is 3.22. The first-order chi connectivity index (χ1) is 19.2. The van der Waals surface area contributed by atoms with Gasteiger partial charge in [0.2, 0.25) is 0 Å². The summed E-state index contributed by atoms with van der Waals surface area (Å²) in [6, 6.07) is 11.6. The number of hydrogen-bond acceptors (Lipinski definition) is 8. The van der Waals surface area contributed by atoms with Crippen LogP contribution in [0.25, 0.3) is 0 Å². The minimum Gasteiger partial charge on any atom is -0.465 e. The van der Waals surface area contributed by atoms with Crippen LogP contribution in [0.4, 0.5) is 9.59 Å². The van der Waals surface area contributed by atoms with E-state index in [1.165, 1.54) is 24.0 Å². The maximum absolute atomic E-state index is 13.5. The molecule has 6 amide bonds. The summed E-state index contributed by atoms with van der Waals surface area (Å²) >= 11 is 0. The molecule has 0 saturated carbocycles. The van der Waals surface area contributed by atoms with Gasteiger partial charge < -0.3 is 19.3 Å². The van der Waals surface area contributed by atoms with E-state index in [4.69, 9.17) is 9.47 Å². The first-order valence-electron chi connectivity index (χ1n) is 12.9. The third-order valence-electron chi connectivity index (χ3n) is 7.52. The van der Waals surface area contributed by atoms with E-state index in [-0.39, 0.29) is 13.1 Å². The molecular formula is C29H32N4O8. The molecule has 2 aliphatic heterocycles. The van der Waals surface area contributed by atoms with Crippen molar-refractivity contribution in [2.24, 2.45) is 0 Å². The number of ether oxygens (including phenoxy) is 2. The van der Waals surface area contributed by atoms with Gasteiger partial charge in [0.1, 0.15) is 17.7 Å². The maximum Gasteiger partial charge on any atom is 0.337 e. The van der Waals surface area contributed by atoms with Crippen LogP contribution in [0.5, 0.6) is 0 Å². The number of benzene rings is 2. The van der Waals surface area contributed by atoms with E-state index < -0.39 is 53.6 Å². The molecule has 4 rings (SSSR count). The molecule has 2 fully saturated rings. The summed E-state index contributed by atoms with van der Waals surface area (Å²) in [6.45, 7) is 5.98. The van der Waals surface area contributed by atoms with Crippen LogP contribution in [0.15, 0.2) is 48.5 Å². The van der Waals surface area contributed by atoms with Crippen LogP contribution < -0.4 is 0 Å². The summed E-state index contributed by atoms with van der Waals surface area (Å²) in [6.07, 6.45) is 0. The van der Waals surface area contributed by atoms with E-state index >= 15 is 0 Å². The molecule has 2 saturated heterocycles. The second kappa shape index (κ2) is 10.7. The van der Waals surface area contributed by atoms with Gasteiger partial charge in [-0.2, -0.15) is 0 Å². The van der Waals surface area contributed by atoms with Crippen LogP contribution in [0.1, 0.15) is 59.5 Å². The lowest BCUT2D eigenvalue weighted by atomic mass is 10.0. The maximum atomic E-state index is 13.5. The van der Waals surface area contributed by atoms with E-state index in [2.05, 4.69) is 0 Å². The normalized spacial score (nSPS) is 17.9. The predicted molar refractivity (Wildman–Crippen MR) is 144 cm³/mol. The number of rotatable bonds is 8. The quantitative estimate of drug-likeness (QED) is 0.353. The molecule has 0 atom stereocenters. The Kier molecular flexibility index (Phi) is 7.62. The van der Waals surface area contributed by atoms with Crippen molar-refractivity contribution in [2.75, 3.05) is 20.9 Å². The molecule has 2 aromatic rings. The fourth-order valence-corrected chi connectivity index (χ4v) is 4.85. The zero-order chi connectivity index (χ0) is 30.3. The molecule has 2 heterocycles. The van der Waals surface area contributed by atoms with Crippen LogP contribution in [0.2, 0.25) is 0 Å². The van der Waals surface area contributed by atoms with Crippen molar-refractivity contribution in [1.29, 1.82) is 0 Å². The summed E-state index contributed by atoms with van der Waals surface area (Å²) in [5.41, 5.74) is -0.460. The number of methoxy groups -OCH3 is 2. The highest BCUT2D eigenvalue weighted by Gasteiger charge is 2.56. The third kappa shape index (κ3) is 5.12. The van der Waals surface area contributed by atoms with Gasteiger partial charge in [-0.1, -0.05) is 24.3 Å². The van der Waals surface area contributed by atoms with Crippen molar-refractivity contribution < 1.29 is 38.2 Å². The molecule has 0 N–H and O–H groups in total. The van der Waals surface area contributed by atoms with Gasteiger partial charge in [0.05, 0.1) is 25.3 Å². The van der Waals surface area contributed by atoms with Gasteiger partial charge >= 0.3 is 24.0 Å². The Balaban J connectivity index is 1.51. The largest absolute Gasteiger partial charge is 0.465 e. The zero-order valence-corrected chi connectivity index (χ0v) is 23.8. The molecular weight excluding hydrogens is 532 g/mol. The summed E-state index contributed by atoms with van der Waals surface area (Å²) in [5, 5.41) is 0. The molecule has 0 spiro atoms. The number of imide groups is 2. The van der Waals surface area contributed by atoms with Crippen molar-refractivity contribution >= 4 is 35.8 Å². The highest BCUT2D eigenvalue weighted by Crippen LogP contribution is 2.33. The minimum atomic E-state index is -1.25. The van der Waals surface area contributed by atoms with E-state index in [0.29, 0.717) is 22.3 Å². The third-order valence-corrected chi connectivity index (χ3v) is 7.52. The molecule has 0 radical (unpaired) electrons. The fourth-order valence-electron chi connectivity index (χ4n) is 4.85. The van der Waals surface area contributed by atoms with E-state index in [9.17, 15) is 28.8 Å². The van der Waals surface area contributed by atoms with Crippen molar-refractivity contribution in [1.82, 2.24) is 19.6 Å². The Bertz CT molecular complexity index is 1310. The number of esters is 2. The number of hydrogen-bond donors (Lipinski definition) is 0. The summed E-state index contributed by atoms with van der Waals surface area (Å²) in [7, 11) is 2.56. The number of nitrogens with zero attached hydrogens (tertiary/aromatic N) is 4. The van der Waals surface area contributed by atoms with Gasteiger partial charge in [-0.25, -0.2) is 29.0 Å². The summed E-state index contributed by atoms with van der Waals surface area (Å²) in [5.74, 6) is -2.09. The molecule has 0 aromatic heterocycles. The first kappa shape index (κ1) is 29.2. The molecule has 41 heavy (non-hydrogen) atoms. The molecule has 12 nitrogen and oxygen atoms in total. The van der Waals surface area contributed by atoms with Crippen LogP contribution in [0, 0.1) is 0 Å². The van der Waals surface area contributed by atoms with E-state index in [0.717, 1.165) is 9.80 Å². The molecule has 0 unspecified atom stereocenters. The first-order valence-corrected chi connectivity index (χ1v) is 12.9. The Morgan fingerprint density at radius 1 is 0.610 bits per heavy atom. The lowest BCUT2D eigenvalue weighted by Gasteiger charge is -2.27. The average molecular weight is 565 g/mol. The monoisotopic (exact) mass is 564 g/mol. The fraction of sp³-hybridized carbons (Fsp3) is 0.379. The Morgan fingerprint density at radius 2 is 0.927 bits per heavy atom. The van der Waals surface area contributed by atoms with Crippen molar-refractivity contribution in [3.05, 3.63) is 70.8 Å². The van der Waals surface area contributed by atoms with E-state index in [1.807, 2.05) is 0 Å². The SMILES string of the molecule is COC(=O)c1ccc(CN2C(=O)N(CN3C(=O)N(Cc4ccc(C(=O)OC)cc4)C(C)(C)C3=O)C(=O)C2(C)C)cc1. The zero-order valence-electron chi connectivity index (χ0n) is 23.8. The topological polar surface area (TPSA) is 134 Å².